The van der Waals surface area contributed by atoms with Gasteiger partial charge in [0.1, 0.15) is 22.6 Å². The largest absolute Gasteiger partial charge is 0.508 e. The van der Waals surface area contributed by atoms with E-state index < -0.39 is 0 Å². The molecule has 0 fully saturated rings. The molecule has 3 nitrogen and oxygen atoms in total. The molecular formula is C15H12Cl4O3. The van der Waals surface area contributed by atoms with Crippen LogP contribution in [0, 0.1) is 0 Å². The van der Waals surface area contributed by atoms with Gasteiger partial charge in [-0.2, -0.15) is 0 Å². The highest BCUT2D eigenvalue weighted by atomic mass is 35.5. The lowest BCUT2D eigenvalue weighted by Gasteiger charge is -2.06. The predicted octanol–water partition coefficient (Wildman–Crippen LogP) is 5.79. The minimum absolute atomic E-state index is 0.117. The van der Waals surface area contributed by atoms with Gasteiger partial charge in [-0.15, -0.1) is 0 Å². The molecule has 0 saturated carbocycles. The normalized spacial score (nSPS) is 9.45. The van der Waals surface area contributed by atoms with E-state index in [1.807, 2.05) is 6.07 Å². The van der Waals surface area contributed by atoms with E-state index in [2.05, 4.69) is 0 Å². The van der Waals surface area contributed by atoms with Crippen molar-refractivity contribution in [2.75, 3.05) is 6.61 Å². The van der Waals surface area contributed by atoms with Crippen LogP contribution in [0.4, 0.5) is 0 Å². The molecule has 0 atom stereocenters. The summed E-state index contributed by atoms with van der Waals surface area (Å²) in [5.74, 6) is 0.577. The third kappa shape index (κ3) is 7.14. The number of benzene rings is 2. The van der Waals surface area contributed by atoms with Crippen LogP contribution in [0.25, 0.3) is 0 Å². The van der Waals surface area contributed by atoms with Crippen molar-refractivity contribution in [1.82, 2.24) is 0 Å². The van der Waals surface area contributed by atoms with Gasteiger partial charge in [0, 0.05) is 12.1 Å². The van der Waals surface area contributed by atoms with Crippen molar-refractivity contribution in [3.8, 4) is 17.2 Å². The number of rotatable bonds is 3. The van der Waals surface area contributed by atoms with E-state index in [-0.39, 0.29) is 26.9 Å². The maximum atomic E-state index is 9.27. The molecule has 22 heavy (non-hydrogen) atoms. The zero-order valence-corrected chi connectivity index (χ0v) is 14.2. The van der Waals surface area contributed by atoms with Crippen LogP contribution in [0.1, 0.15) is 0 Å². The number of hydrogen-bond donors (Lipinski definition) is 2. The molecule has 118 valence electrons. The molecule has 2 N–H and O–H groups in total. The number of para-hydroxylation sites is 1. The first-order valence-electron chi connectivity index (χ1n) is 5.96. The molecule has 0 aliphatic carbocycles. The topological polar surface area (TPSA) is 49.7 Å². The van der Waals surface area contributed by atoms with Gasteiger partial charge in [0.2, 0.25) is 0 Å². The van der Waals surface area contributed by atoms with E-state index in [0.717, 1.165) is 0 Å². The van der Waals surface area contributed by atoms with E-state index in [1.165, 1.54) is 18.2 Å². The minimum atomic E-state index is -0.170. The average molecular weight is 382 g/mol. The molecule has 0 aliphatic heterocycles. The Morgan fingerprint density at radius 3 is 1.95 bits per heavy atom. The van der Waals surface area contributed by atoms with Crippen molar-refractivity contribution in [1.29, 1.82) is 0 Å². The lowest BCUT2D eigenvalue weighted by atomic mass is 10.3. The van der Waals surface area contributed by atoms with Crippen molar-refractivity contribution < 1.29 is 14.9 Å². The second kappa shape index (κ2) is 9.70. The summed E-state index contributed by atoms with van der Waals surface area (Å²) in [7, 11) is 0. The summed E-state index contributed by atoms with van der Waals surface area (Å²) in [6.45, 7) is 0.194. The van der Waals surface area contributed by atoms with Gasteiger partial charge < -0.3 is 14.9 Å². The molecule has 0 aliphatic rings. The highest BCUT2D eigenvalue weighted by Crippen LogP contribution is 2.35. The van der Waals surface area contributed by atoms with Gasteiger partial charge >= 0.3 is 0 Å². The Hall–Kier alpha value is -1.26. The number of phenols is 2. The smallest absolute Gasteiger partial charge is 0.153 e. The highest BCUT2D eigenvalue weighted by Gasteiger charge is 2.06. The fourth-order valence-electron chi connectivity index (χ4n) is 1.25. The van der Waals surface area contributed by atoms with E-state index in [0.29, 0.717) is 11.5 Å². The lowest BCUT2D eigenvalue weighted by molar-refractivity contribution is 0.362. The number of ether oxygens (including phenoxy) is 1. The highest BCUT2D eigenvalue weighted by molar-refractivity contribution is 6.55. The molecule has 2 rings (SSSR count). The molecule has 7 heteroatoms. The molecule has 0 aromatic heterocycles. The van der Waals surface area contributed by atoms with Crippen LogP contribution in [0.3, 0.4) is 0 Å². The van der Waals surface area contributed by atoms with E-state index in [4.69, 9.17) is 56.2 Å². The Balaban J connectivity index is 0.000000287. The fraction of sp³-hybridized carbons (Fsp3) is 0.0667. The van der Waals surface area contributed by atoms with Crippen LogP contribution in [-0.2, 0) is 0 Å². The van der Waals surface area contributed by atoms with Crippen molar-refractivity contribution in [2.24, 2.45) is 0 Å². The van der Waals surface area contributed by atoms with Gasteiger partial charge in [-0.25, -0.2) is 0 Å². The number of halogens is 4. The van der Waals surface area contributed by atoms with Gasteiger partial charge in [0.25, 0.3) is 0 Å². The first-order valence-corrected chi connectivity index (χ1v) is 7.47. The Morgan fingerprint density at radius 2 is 1.55 bits per heavy atom. The van der Waals surface area contributed by atoms with Gasteiger partial charge in [-0.3, -0.25) is 0 Å². The molecule has 0 bridgehead atoms. The van der Waals surface area contributed by atoms with Gasteiger partial charge in [0.05, 0.1) is 10.0 Å². The standard InChI is InChI=1S/C9H6Cl4O2.C6H6O/c10-6-3-5(4-7(11)9(6)14)15-2-1-8(12)13;7-6-4-2-1-3-5-6/h1,3-4,14H,2H2;1-5,7H. The Labute approximate surface area is 148 Å². The van der Waals surface area contributed by atoms with Crippen LogP contribution in [0.15, 0.2) is 53.0 Å². The summed E-state index contributed by atoms with van der Waals surface area (Å²) in [6, 6.07) is 11.6. The minimum Gasteiger partial charge on any atom is -0.508 e. The average Bonchev–Trinajstić information content (AvgIpc) is 2.46. The van der Waals surface area contributed by atoms with Crippen molar-refractivity contribution in [3.05, 3.63) is 63.1 Å². The van der Waals surface area contributed by atoms with E-state index in [1.54, 1.807) is 24.3 Å². The molecule has 0 heterocycles. The molecule has 2 aromatic carbocycles. The van der Waals surface area contributed by atoms with E-state index in [9.17, 15) is 5.11 Å². The second-order valence-electron chi connectivity index (χ2n) is 3.88. The van der Waals surface area contributed by atoms with Gasteiger partial charge in [-0.05, 0) is 18.2 Å². The monoisotopic (exact) mass is 380 g/mol. The molecule has 0 unspecified atom stereocenters. The SMILES string of the molecule is Oc1c(Cl)cc(OCC=C(Cl)Cl)cc1Cl.Oc1ccccc1. The second-order valence-corrected chi connectivity index (χ2v) is 5.70. The summed E-state index contributed by atoms with van der Waals surface area (Å²) in [5, 5.41) is 18.2. The lowest BCUT2D eigenvalue weighted by Crippen LogP contribution is -1.93. The van der Waals surface area contributed by atoms with Crippen LogP contribution >= 0.6 is 46.4 Å². The maximum absolute atomic E-state index is 9.27. The summed E-state index contributed by atoms with van der Waals surface area (Å²) in [5.41, 5.74) is 0. The van der Waals surface area contributed by atoms with Crippen molar-refractivity contribution >= 4 is 46.4 Å². The molecular weight excluding hydrogens is 370 g/mol. The van der Waals surface area contributed by atoms with Crippen LogP contribution in [0.5, 0.6) is 17.2 Å². The van der Waals surface area contributed by atoms with Crippen LogP contribution < -0.4 is 4.74 Å². The zero-order valence-electron chi connectivity index (χ0n) is 11.1. The van der Waals surface area contributed by atoms with Crippen LogP contribution in [-0.4, -0.2) is 16.8 Å². The zero-order chi connectivity index (χ0) is 16.5. The number of phenolic OH excluding ortho intramolecular Hbond substituents is 2. The molecule has 0 radical (unpaired) electrons. The number of aromatic hydroxyl groups is 2. The molecule has 2 aromatic rings. The molecule has 0 amide bonds. The summed E-state index contributed by atoms with van der Waals surface area (Å²) >= 11 is 22.1. The first kappa shape index (κ1) is 18.8. The van der Waals surface area contributed by atoms with Crippen molar-refractivity contribution in [3.63, 3.8) is 0 Å². The van der Waals surface area contributed by atoms with Crippen molar-refractivity contribution in [2.45, 2.75) is 0 Å². The first-order chi connectivity index (χ1) is 10.4. The third-order valence-corrected chi connectivity index (χ3v) is 3.12. The fourth-order valence-corrected chi connectivity index (χ4v) is 1.85. The van der Waals surface area contributed by atoms with E-state index >= 15 is 0 Å². The molecule has 0 saturated heterocycles. The maximum Gasteiger partial charge on any atom is 0.153 e. The quantitative estimate of drug-likeness (QED) is 0.707. The van der Waals surface area contributed by atoms with Crippen LogP contribution in [0.2, 0.25) is 10.0 Å². The Morgan fingerprint density at radius 1 is 1.00 bits per heavy atom. The summed E-state index contributed by atoms with van der Waals surface area (Å²) < 4.78 is 5.32. The Bertz CT molecular complexity index is 603. The number of hydrogen-bond acceptors (Lipinski definition) is 3. The molecule has 0 spiro atoms. The van der Waals surface area contributed by atoms with Gasteiger partial charge in [0.15, 0.2) is 5.75 Å². The third-order valence-electron chi connectivity index (χ3n) is 2.23. The van der Waals surface area contributed by atoms with Gasteiger partial charge in [-0.1, -0.05) is 64.6 Å². The summed E-state index contributed by atoms with van der Waals surface area (Å²) in [6.07, 6.45) is 1.47. The predicted molar refractivity (Wildman–Crippen MR) is 91.5 cm³/mol. The summed E-state index contributed by atoms with van der Waals surface area (Å²) in [4.78, 5) is 0. The Kier molecular flexibility index (Phi) is 8.28.